The average Bonchev–Trinajstić information content (AvgIpc) is 2.98. The van der Waals surface area contributed by atoms with Crippen LogP contribution in [0.3, 0.4) is 0 Å². The lowest BCUT2D eigenvalue weighted by molar-refractivity contribution is 1.60. The van der Waals surface area contributed by atoms with E-state index in [-0.39, 0.29) is 0 Å². The van der Waals surface area contributed by atoms with Gasteiger partial charge in [0, 0.05) is 0 Å². The third kappa shape index (κ3) is 3.91. The molecule has 6 rings (SSSR count). The minimum atomic E-state index is -2.22. The maximum atomic E-state index is 2.45. The van der Waals surface area contributed by atoms with Crippen LogP contribution in [0.4, 0.5) is 0 Å². The van der Waals surface area contributed by atoms with Crippen LogP contribution in [0.5, 0.6) is 0 Å². The summed E-state index contributed by atoms with van der Waals surface area (Å²) in [5.74, 6) is 0. The third-order valence-corrected chi connectivity index (χ3v) is 11.2. The summed E-state index contributed by atoms with van der Waals surface area (Å²) in [7, 11) is 0. The molecule has 0 nitrogen and oxygen atoms in total. The van der Waals surface area contributed by atoms with Gasteiger partial charge >= 0.3 is 0 Å². The van der Waals surface area contributed by atoms with Crippen molar-refractivity contribution in [3.63, 3.8) is 0 Å². The van der Waals surface area contributed by atoms with Gasteiger partial charge in [0.1, 0.15) is 0 Å². The molecule has 1 heterocycles. The van der Waals surface area contributed by atoms with Crippen LogP contribution in [0.15, 0.2) is 164 Å². The standard InChI is InChI=1S/C35H27P/c1-6-16-28(17-7-1)31-26-34(29-18-8-2-9-19-29)36(32-22-12-4-13-23-32,33-24-14-5-15-25-33)35(27-31)30-20-10-3-11-21-30/h1-27H. The van der Waals surface area contributed by atoms with E-state index in [9.17, 15) is 0 Å². The van der Waals surface area contributed by atoms with Crippen LogP contribution < -0.4 is 10.6 Å². The van der Waals surface area contributed by atoms with Gasteiger partial charge in [-0.15, -0.1) is 0 Å². The lowest BCUT2D eigenvalue weighted by Gasteiger charge is -2.37. The van der Waals surface area contributed by atoms with Crippen LogP contribution in [-0.4, -0.2) is 5.29 Å². The molecule has 1 aliphatic heterocycles. The monoisotopic (exact) mass is 478 g/mol. The largest absolute Gasteiger partial charge is 0.0622 e. The van der Waals surface area contributed by atoms with Crippen molar-refractivity contribution in [2.45, 2.75) is 0 Å². The SMILES string of the molecule is C1=C(c2ccccc2)C=C(c2ccccc2)P(c2ccccc2)(c2ccccc2)=C1c1ccccc1. The average molecular weight is 479 g/mol. The van der Waals surface area contributed by atoms with Crippen LogP contribution in [0.2, 0.25) is 0 Å². The summed E-state index contributed by atoms with van der Waals surface area (Å²) >= 11 is 0. The zero-order valence-corrected chi connectivity index (χ0v) is 20.9. The van der Waals surface area contributed by atoms with E-state index in [1.54, 1.807) is 0 Å². The Kier molecular flexibility index (Phi) is 6.12. The highest BCUT2D eigenvalue weighted by Gasteiger charge is 2.34. The molecule has 0 aliphatic carbocycles. The second kappa shape index (κ2) is 9.86. The molecule has 36 heavy (non-hydrogen) atoms. The van der Waals surface area contributed by atoms with E-state index in [4.69, 9.17) is 0 Å². The number of hydrogen-bond donors (Lipinski definition) is 0. The molecule has 0 atom stereocenters. The molecule has 0 aromatic heterocycles. The summed E-state index contributed by atoms with van der Waals surface area (Å²) in [5.41, 5.74) is 5.02. The Morgan fingerprint density at radius 1 is 0.333 bits per heavy atom. The second-order valence-electron chi connectivity index (χ2n) is 8.95. The molecule has 0 radical (unpaired) electrons. The van der Waals surface area contributed by atoms with Crippen molar-refractivity contribution in [2.24, 2.45) is 0 Å². The fraction of sp³-hybridized carbons (Fsp3) is 0. The fourth-order valence-corrected chi connectivity index (χ4v) is 9.88. The zero-order chi connectivity index (χ0) is 24.2. The first-order valence-corrected chi connectivity index (χ1v) is 14.1. The Bertz CT molecular complexity index is 1530. The smallest absolute Gasteiger partial charge is 0.00763 e. The molecule has 1 heteroatoms. The highest BCUT2D eigenvalue weighted by molar-refractivity contribution is 7.98. The molecule has 5 aromatic rings. The van der Waals surface area contributed by atoms with Crippen molar-refractivity contribution < 1.29 is 0 Å². The van der Waals surface area contributed by atoms with Gasteiger partial charge in [-0.25, -0.2) is 0 Å². The molecule has 0 saturated heterocycles. The molecule has 0 amide bonds. The molecule has 5 aromatic carbocycles. The molecule has 1 aliphatic rings. The third-order valence-electron chi connectivity index (χ3n) is 6.84. The van der Waals surface area contributed by atoms with E-state index in [0.29, 0.717) is 0 Å². The zero-order valence-electron chi connectivity index (χ0n) is 20.0. The second-order valence-corrected chi connectivity index (χ2v) is 12.3. The summed E-state index contributed by atoms with van der Waals surface area (Å²) in [6, 6.07) is 54.9. The van der Waals surface area contributed by atoms with E-state index >= 15 is 0 Å². The van der Waals surface area contributed by atoms with Crippen LogP contribution in [0.25, 0.3) is 10.9 Å². The highest BCUT2D eigenvalue weighted by atomic mass is 31.2. The molecular formula is C35H27P. The van der Waals surface area contributed by atoms with Gasteiger partial charge in [-0.1, -0.05) is 152 Å². The van der Waals surface area contributed by atoms with Gasteiger partial charge in [0.05, 0.1) is 0 Å². The fourth-order valence-electron chi connectivity index (χ4n) is 5.24. The van der Waals surface area contributed by atoms with Crippen molar-refractivity contribution in [1.29, 1.82) is 0 Å². The Hall–Kier alpha value is -4.12. The lowest BCUT2D eigenvalue weighted by atomic mass is 10.0. The molecule has 172 valence electrons. The van der Waals surface area contributed by atoms with Crippen LogP contribution in [0.1, 0.15) is 16.7 Å². The normalized spacial score (nSPS) is 14.6. The van der Waals surface area contributed by atoms with E-state index in [2.05, 4.69) is 164 Å². The Labute approximate surface area is 213 Å². The topological polar surface area (TPSA) is 0 Å². The molecule has 0 unspecified atom stereocenters. The van der Waals surface area contributed by atoms with E-state index < -0.39 is 6.89 Å². The summed E-state index contributed by atoms with van der Waals surface area (Å²) in [6.07, 6.45) is 4.90. The first-order valence-electron chi connectivity index (χ1n) is 12.4. The molecule has 0 N–H and O–H groups in total. The maximum absolute atomic E-state index is 2.45. The van der Waals surface area contributed by atoms with Crippen molar-refractivity contribution in [3.8, 4) is 0 Å². The summed E-state index contributed by atoms with van der Waals surface area (Å²) < 4.78 is 0. The minimum Gasteiger partial charge on any atom is -0.0622 e. The van der Waals surface area contributed by atoms with Gasteiger partial charge < -0.3 is 0 Å². The summed E-state index contributed by atoms with van der Waals surface area (Å²) in [6.45, 7) is -2.22. The van der Waals surface area contributed by atoms with Crippen LogP contribution in [-0.2, 0) is 0 Å². The molecule has 0 bridgehead atoms. The first kappa shape index (κ1) is 22.4. The van der Waals surface area contributed by atoms with Crippen molar-refractivity contribution in [1.82, 2.24) is 0 Å². The van der Waals surface area contributed by atoms with Crippen molar-refractivity contribution in [2.75, 3.05) is 0 Å². The van der Waals surface area contributed by atoms with E-state index in [1.165, 1.54) is 43.5 Å². The molecule has 0 saturated carbocycles. The number of hydrogen-bond acceptors (Lipinski definition) is 0. The van der Waals surface area contributed by atoms with Gasteiger partial charge in [0.15, 0.2) is 0 Å². The predicted molar refractivity (Wildman–Crippen MR) is 158 cm³/mol. The van der Waals surface area contributed by atoms with Crippen LogP contribution >= 0.6 is 6.89 Å². The number of benzene rings is 5. The summed E-state index contributed by atoms with van der Waals surface area (Å²) in [4.78, 5) is 0. The lowest BCUT2D eigenvalue weighted by Crippen LogP contribution is -2.25. The maximum Gasteiger partial charge on any atom is -0.00763 e. The Balaban J connectivity index is 1.84. The van der Waals surface area contributed by atoms with Crippen molar-refractivity contribution in [3.05, 3.63) is 181 Å². The van der Waals surface area contributed by atoms with Gasteiger partial charge in [-0.05, 0) is 62.5 Å². The Morgan fingerprint density at radius 2 is 0.722 bits per heavy atom. The van der Waals surface area contributed by atoms with Crippen LogP contribution in [0, 0.1) is 0 Å². The molecule has 0 fully saturated rings. The van der Waals surface area contributed by atoms with Gasteiger partial charge in [0.2, 0.25) is 0 Å². The number of allylic oxidation sites excluding steroid dienone is 3. The molecular weight excluding hydrogens is 451 g/mol. The van der Waals surface area contributed by atoms with E-state index in [1.807, 2.05) is 0 Å². The van der Waals surface area contributed by atoms with E-state index in [0.717, 1.165) is 0 Å². The highest BCUT2D eigenvalue weighted by Crippen LogP contribution is 2.62. The van der Waals surface area contributed by atoms with Crippen molar-refractivity contribution >= 4 is 33.7 Å². The number of rotatable bonds is 5. The van der Waals surface area contributed by atoms with Gasteiger partial charge in [-0.2, -0.15) is 0 Å². The van der Waals surface area contributed by atoms with Gasteiger partial charge in [0.25, 0.3) is 0 Å². The predicted octanol–water partition coefficient (Wildman–Crippen LogP) is 8.01. The Morgan fingerprint density at radius 3 is 1.19 bits per heavy atom. The first-order chi connectivity index (χ1) is 17.9. The summed E-state index contributed by atoms with van der Waals surface area (Å²) in [5, 5.41) is 5.52. The quantitative estimate of drug-likeness (QED) is 0.224. The molecule has 0 spiro atoms. The van der Waals surface area contributed by atoms with Gasteiger partial charge in [-0.3, -0.25) is 0 Å². The minimum absolute atomic E-state index is 1.23.